The van der Waals surface area contributed by atoms with Crippen molar-refractivity contribution in [2.45, 2.75) is 38.4 Å². The van der Waals surface area contributed by atoms with Crippen LogP contribution in [0.3, 0.4) is 0 Å². The topological polar surface area (TPSA) is 67.5 Å². The Morgan fingerprint density at radius 2 is 1.86 bits per heavy atom. The Hall–Kier alpha value is -4.01. The van der Waals surface area contributed by atoms with E-state index in [4.69, 9.17) is 9.47 Å². The summed E-state index contributed by atoms with van der Waals surface area (Å²) < 4.78 is 50.7. The number of carbonyl (C=O) groups is 1. The van der Waals surface area contributed by atoms with Gasteiger partial charge in [-0.05, 0) is 74.2 Å². The van der Waals surface area contributed by atoms with E-state index in [-0.39, 0.29) is 12.7 Å². The number of aromatic amines is 1. The maximum absolute atomic E-state index is 14.1. The van der Waals surface area contributed by atoms with E-state index in [1.165, 1.54) is 6.07 Å². The third-order valence-electron chi connectivity index (χ3n) is 7.29. The fourth-order valence-corrected chi connectivity index (χ4v) is 5.27. The lowest BCUT2D eigenvalue weighted by Gasteiger charge is -2.34. The van der Waals surface area contributed by atoms with E-state index in [0.29, 0.717) is 46.9 Å². The number of imidazole rings is 1. The van der Waals surface area contributed by atoms with Gasteiger partial charge < -0.3 is 19.4 Å². The molecule has 1 unspecified atom stereocenters. The Kier molecular flexibility index (Phi) is 5.22. The molecule has 0 radical (unpaired) electrons. The number of benzene rings is 3. The van der Waals surface area contributed by atoms with Gasteiger partial charge in [0.05, 0.1) is 22.1 Å². The van der Waals surface area contributed by atoms with Gasteiger partial charge in [0.25, 0.3) is 5.91 Å². The monoisotopic (exact) mass is 507 g/mol. The Balaban J connectivity index is 1.39. The first-order valence-electron chi connectivity index (χ1n) is 12.0. The van der Waals surface area contributed by atoms with Crippen LogP contribution in [-0.2, 0) is 11.7 Å². The van der Waals surface area contributed by atoms with E-state index < -0.39 is 17.3 Å². The molecule has 1 saturated heterocycles. The van der Waals surface area contributed by atoms with Crippen molar-refractivity contribution in [3.05, 3.63) is 77.1 Å². The van der Waals surface area contributed by atoms with Crippen molar-refractivity contribution in [1.82, 2.24) is 14.9 Å². The summed E-state index contributed by atoms with van der Waals surface area (Å²) in [6.07, 6.45) is -3.07. The predicted octanol–water partition coefficient (Wildman–Crippen LogP) is 6.44. The zero-order valence-electron chi connectivity index (χ0n) is 20.3. The molecule has 2 aliphatic rings. The van der Waals surface area contributed by atoms with Crippen molar-refractivity contribution in [1.29, 1.82) is 0 Å². The number of nitrogens with one attached hydrogen (secondary N) is 1. The highest BCUT2D eigenvalue weighted by Gasteiger charge is 2.44. The van der Waals surface area contributed by atoms with Gasteiger partial charge >= 0.3 is 6.18 Å². The predicted molar refractivity (Wildman–Crippen MR) is 131 cm³/mol. The normalized spacial score (nSPS) is 19.1. The Morgan fingerprint density at radius 3 is 2.68 bits per heavy atom. The van der Waals surface area contributed by atoms with Crippen LogP contribution in [0.2, 0.25) is 0 Å². The zero-order chi connectivity index (χ0) is 25.9. The van der Waals surface area contributed by atoms with Crippen molar-refractivity contribution in [3.8, 4) is 22.6 Å². The highest BCUT2D eigenvalue weighted by atomic mass is 19.4. The van der Waals surface area contributed by atoms with Gasteiger partial charge in [-0.15, -0.1) is 0 Å². The molecule has 37 heavy (non-hydrogen) atoms. The number of alkyl halides is 3. The number of hydrogen-bond donors (Lipinski definition) is 1. The van der Waals surface area contributed by atoms with Crippen molar-refractivity contribution in [2.24, 2.45) is 0 Å². The van der Waals surface area contributed by atoms with E-state index in [1.807, 2.05) is 50.2 Å². The molecule has 6 nitrogen and oxygen atoms in total. The fourth-order valence-electron chi connectivity index (χ4n) is 5.27. The molecule has 1 atom stereocenters. The lowest BCUT2D eigenvalue weighted by atomic mass is 9.93. The van der Waals surface area contributed by atoms with Gasteiger partial charge in [-0.2, -0.15) is 13.2 Å². The van der Waals surface area contributed by atoms with Crippen LogP contribution in [0, 0.1) is 6.92 Å². The third kappa shape index (κ3) is 3.89. The van der Waals surface area contributed by atoms with Crippen LogP contribution in [0.5, 0.6) is 11.5 Å². The molecule has 9 heteroatoms. The molecule has 1 amide bonds. The number of aromatic nitrogens is 2. The maximum atomic E-state index is 14.1. The third-order valence-corrected chi connectivity index (χ3v) is 7.29. The van der Waals surface area contributed by atoms with E-state index >= 15 is 0 Å². The minimum atomic E-state index is -4.45. The number of halogens is 3. The molecule has 1 fully saturated rings. The molecule has 2 aliphatic heterocycles. The first-order valence-corrected chi connectivity index (χ1v) is 12.0. The smallest absolute Gasteiger partial charge is 0.416 e. The van der Waals surface area contributed by atoms with Gasteiger partial charge in [-0.25, -0.2) is 4.98 Å². The molecule has 0 aliphatic carbocycles. The van der Waals surface area contributed by atoms with Crippen molar-refractivity contribution >= 4 is 16.9 Å². The number of amides is 1. The average molecular weight is 508 g/mol. The maximum Gasteiger partial charge on any atom is 0.416 e. The minimum Gasteiger partial charge on any atom is -0.454 e. The summed E-state index contributed by atoms with van der Waals surface area (Å²) in [5.74, 6) is 1.61. The molecule has 0 saturated carbocycles. The summed E-state index contributed by atoms with van der Waals surface area (Å²) in [4.78, 5) is 23.6. The van der Waals surface area contributed by atoms with Crippen LogP contribution < -0.4 is 9.47 Å². The number of likely N-dealkylation sites (tertiary alicyclic amines) is 1. The summed E-state index contributed by atoms with van der Waals surface area (Å²) in [7, 11) is 0. The highest BCUT2D eigenvalue weighted by molar-refractivity contribution is 6.02. The number of hydrogen-bond acceptors (Lipinski definition) is 4. The number of nitrogens with zero attached hydrogens (tertiary/aromatic N) is 2. The second-order valence-electron chi connectivity index (χ2n) is 9.77. The second-order valence-corrected chi connectivity index (χ2v) is 9.77. The van der Waals surface area contributed by atoms with Gasteiger partial charge in [-0.3, -0.25) is 4.79 Å². The van der Waals surface area contributed by atoms with Crippen LogP contribution in [-0.4, -0.2) is 34.1 Å². The number of fused-ring (bicyclic) bond motifs is 2. The lowest BCUT2D eigenvalue weighted by molar-refractivity contribution is -0.137. The molecule has 4 aromatic rings. The number of H-pyrrole nitrogens is 1. The first kappa shape index (κ1) is 23.4. The van der Waals surface area contributed by atoms with Crippen LogP contribution >= 0.6 is 0 Å². The molecule has 0 bridgehead atoms. The van der Waals surface area contributed by atoms with E-state index in [1.54, 1.807) is 4.90 Å². The van der Waals surface area contributed by atoms with Gasteiger partial charge in [-0.1, -0.05) is 23.8 Å². The van der Waals surface area contributed by atoms with Gasteiger partial charge in [0.1, 0.15) is 5.82 Å². The highest BCUT2D eigenvalue weighted by Crippen LogP contribution is 2.42. The Labute approximate surface area is 211 Å². The molecule has 0 spiro atoms. The van der Waals surface area contributed by atoms with Crippen molar-refractivity contribution < 1.29 is 27.4 Å². The van der Waals surface area contributed by atoms with Crippen molar-refractivity contribution in [2.75, 3.05) is 13.3 Å². The van der Waals surface area contributed by atoms with E-state index in [2.05, 4.69) is 9.97 Å². The molecule has 1 aromatic heterocycles. The fraction of sp³-hybridized carbons (Fsp3) is 0.286. The summed E-state index contributed by atoms with van der Waals surface area (Å²) >= 11 is 0. The number of rotatable bonds is 3. The van der Waals surface area contributed by atoms with Crippen LogP contribution in [0.25, 0.3) is 22.2 Å². The zero-order valence-corrected chi connectivity index (χ0v) is 20.3. The SMILES string of the molecule is Cc1ccc(-c2ccc3c(c2)OCO3)c(C(=O)N2CCCC2(C)c2nc3ccc(C(F)(F)F)cc3[nH]2)c1. The summed E-state index contributed by atoms with van der Waals surface area (Å²) in [6, 6.07) is 14.8. The summed E-state index contributed by atoms with van der Waals surface area (Å²) in [6.45, 7) is 4.51. The molecular weight excluding hydrogens is 483 g/mol. The molecule has 6 rings (SSSR count). The second kappa shape index (κ2) is 8.26. The molecule has 3 heterocycles. The number of aryl methyl sites for hydroxylation is 1. The van der Waals surface area contributed by atoms with Crippen LogP contribution in [0.1, 0.15) is 47.1 Å². The van der Waals surface area contributed by atoms with Crippen molar-refractivity contribution in [3.63, 3.8) is 0 Å². The largest absolute Gasteiger partial charge is 0.454 e. The van der Waals surface area contributed by atoms with Crippen LogP contribution in [0.4, 0.5) is 13.2 Å². The number of carbonyl (C=O) groups excluding carboxylic acids is 1. The molecule has 3 aromatic carbocycles. The van der Waals surface area contributed by atoms with Gasteiger partial charge in [0, 0.05) is 12.1 Å². The van der Waals surface area contributed by atoms with Gasteiger partial charge in [0.15, 0.2) is 11.5 Å². The minimum absolute atomic E-state index is 0.159. The summed E-state index contributed by atoms with van der Waals surface area (Å²) in [5, 5.41) is 0. The van der Waals surface area contributed by atoms with E-state index in [0.717, 1.165) is 35.2 Å². The molecule has 1 N–H and O–H groups in total. The Morgan fingerprint density at radius 1 is 1.05 bits per heavy atom. The quantitative estimate of drug-likeness (QED) is 0.347. The summed E-state index contributed by atoms with van der Waals surface area (Å²) in [5.41, 5.74) is 2.26. The first-order chi connectivity index (χ1) is 17.6. The molecular formula is C28H24F3N3O3. The number of ether oxygens (including phenoxy) is 2. The Bertz CT molecular complexity index is 1540. The molecule has 190 valence electrons. The standard InChI is InChI=1S/C28H24F3N3O3/c1-16-4-7-19(17-5-9-23-24(13-17)37-15-36-23)20(12-16)25(35)34-11-3-10-27(34,2)26-32-21-8-6-18(28(29,30)31)14-22(21)33-26/h4-9,12-14H,3,10-11,15H2,1-2H3,(H,32,33). The average Bonchev–Trinajstić information content (AvgIpc) is 3.60. The van der Waals surface area contributed by atoms with Crippen LogP contribution in [0.15, 0.2) is 54.6 Å². The lowest BCUT2D eigenvalue weighted by Crippen LogP contribution is -2.43. The van der Waals surface area contributed by atoms with E-state index in [9.17, 15) is 18.0 Å². The van der Waals surface area contributed by atoms with Gasteiger partial charge in [0.2, 0.25) is 6.79 Å².